The van der Waals surface area contributed by atoms with Crippen LogP contribution in [0.5, 0.6) is 0 Å². The summed E-state index contributed by atoms with van der Waals surface area (Å²) >= 11 is 0. The Hall–Kier alpha value is -0.160. The molecule has 92 valence electrons. The van der Waals surface area contributed by atoms with Crippen LogP contribution in [0.3, 0.4) is 0 Å². The monoisotopic (exact) mass is 220 g/mol. The van der Waals surface area contributed by atoms with E-state index in [9.17, 15) is 0 Å². The summed E-state index contributed by atoms with van der Waals surface area (Å²) in [5.74, 6) is 0. The lowest BCUT2D eigenvalue weighted by molar-refractivity contribution is 0.0385. The van der Waals surface area contributed by atoms with Gasteiger partial charge in [-0.05, 0) is 19.8 Å². The molecule has 4 heteroatoms. The van der Waals surface area contributed by atoms with Gasteiger partial charge < -0.3 is 18.9 Å². The van der Waals surface area contributed by atoms with Crippen molar-refractivity contribution in [3.8, 4) is 0 Å². The number of rotatable bonds is 6. The highest BCUT2D eigenvalue weighted by Crippen LogP contribution is 2.09. The molecule has 0 N–H and O–H groups in total. The van der Waals surface area contributed by atoms with Crippen LogP contribution in [0.25, 0.3) is 0 Å². The number of hydrogen-bond donors (Lipinski definition) is 0. The summed E-state index contributed by atoms with van der Waals surface area (Å²) in [7, 11) is 3.30. The quantitative estimate of drug-likeness (QED) is 0.635. The van der Waals surface area contributed by atoms with Crippen molar-refractivity contribution in [3.63, 3.8) is 0 Å². The van der Waals surface area contributed by atoms with Crippen LogP contribution < -0.4 is 0 Å². The molecule has 15 heavy (non-hydrogen) atoms. The summed E-state index contributed by atoms with van der Waals surface area (Å²) in [5, 5.41) is 0. The van der Waals surface area contributed by atoms with Crippen LogP contribution in [0, 0.1) is 0 Å². The molecule has 0 aromatic rings. The van der Waals surface area contributed by atoms with Crippen LogP contribution >= 0.6 is 0 Å². The standard InChI is InChI=1S/C6H14O3.C5H10O/c1-7-3-5-9-6-4-8-2;1-5-3-2-4-6-5/h3-6H2,1-2H3;5H,2-4H2,1H3. The van der Waals surface area contributed by atoms with Gasteiger partial charge in [0.05, 0.1) is 32.5 Å². The molecule has 1 saturated heterocycles. The molecule has 0 aromatic carbocycles. The van der Waals surface area contributed by atoms with Gasteiger partial charge in [0, 0.05) is 20.8 Å². The van der Waals surface area contributed by atoms with Crippen LogP contribution in [-0.4, -0.2) is 53.4 Å². The zero-order valence-electron chi connectivity index (χ0n) is 10.2. The molecular weight excluding hydrogens is 196 g/mol. The van der Waals surface area contributed by atoms with Crippen molar-refractivity contribution in [2.75, 3.05) is 47.3 Å². The van der Waals surface area contributed by atoms with Crippen molar-refractivity contribution in [2.45, 2.75) is 25.9 Å². The van der Waals surface area contributed by atoms with Gasteiger partial charge in [-0.1, -0.05) is 0 Å². The lowest BCUT2D eigenvalue weighted by Gasteiger charge is -2.00. The Morgan fingerprint density at radius 3 is 1.93 bits per heavy atom. The van der Waals surface area contributed by atoms with E-state index in [4.69, 9.17) is 18.9 Å². The van der Waals surface area contributed by atoms with E-state index < -0.39 is 0 Å². The molecule has 0 bridgehead atoms. The first-order valence-electron chi connectivity index (χ1n) is 5.48. The molecule has 0 spiro atoms. The fourth-order valence-electron chi connectivity index (χ4n) is 1.13. The van der Waals surface area contributed by atoms with Gasteiger partial charge in [0.15, 0.2) is 0 Å². The zero-order valence-corrected chi connectivity index (χ0v) is 10.2. The van der Waals surface area contributed by atoms with E-state index in [2.05, 4.69) is 6.92 Å². The minimum Gasteiger partial charge on any atom is -0.382 e. The minimum atomic E-state index is 0.546. The first kappa shape index (κ1) is 14.8. The van der Waals surface area contributed by atoms with E-state index in [1.807, 2.05) is 0 Å². The van der Waals surface area contributed by atoms with Crippen LogP contribution in [0.4, 0.5) is 0 Å². The Balaban J connectivity index is 0.000000280. The van der Waals surface area contributed by atoms with E-state index in [0.717, 1.165) is 6.61 Å². The number of methoxy groups -OCH3 is 2. The second-order valence-electron chi connectivity index (χ2n) is 3.42. The van der Waals surface area contributed by atoms with E-state index in [-0.39, 0.29) is 0 Å². The Kier molecular flexibility index (Phi) is 11.8. The normalized spacial score (nSPS) is 19.8. The van der Waals surface area contributed by atoms with Crippen molar-refractivity contribution in [1.29, 1.82) is 0 Å². The largest absolute Gasteiger partial charge is 0.382 e. The third-order valence-electron chi connectivity index (χ3n) is 2.02. The fourth-order valence-corrected chi connectivity index (χ4v) is 1.13. The fraction of sp³-hybridized carbons (Fsp3) is 1.00. The summed E-state index contributed by atoms with van der Waals surface area (Å²) in [6.45, 7) is 5.72. The van der Waals surface area contributed by atoms with Gasteiger partial charge in [-0.15, -0.1) is 0 Å². The van der Waals surface area contributed by atoms with Crippen molar-refractivity contribution in [1.82, 2.24) is 0 Å². The van der Waals surface area contributed by atoms with Gasteiger partial charge >= 0.3 is 0 Å². The predicted molar refractivity (Wildman–Crippen MR) is 59.2 cm³/mol. The highest BCUT2D eigenvalue weighted by Gasteiger charge is 2.07. The zero-order chi connectivity index (χ0) is 11.4. The second kappa shape index (κ2) is 11.9. The average molecular weight is 220 g/mol. The molecule has 0 amide bonds. The van der Waals surface area contributed by atoms with Crippen molar-refractivity contribution >= 4 is 0 Å². The molecule has 1 atom stereocenters. The summed E-state index contributed by atoms with van der Waals surface area (Å²) in [6.07, 6.45) is 3.08. The maximum atomic E-state index is 5.15. The van der Waals surface area contributed by atoms with Crippen LogP contribution in [-0.2, 0) is 18.9 Å². The van der Waals surface area contributed by atoms with E-state index in [1.165, 1.54) is 12.8 Å². The first-order valence-corrected chi connectivity index (χ1v) is 5.48. The van der Waals surface area contributed by atoms with E-state index >= 15 is 0 Å². The highest BCUT2D eigenvalue weighted by atomic mass is 16.5. The highest BCUT2D eigenvalue weighted by molar-refractivity contribution is 4.56. The van der Waals surface area contributed by atoms with Gasteiger partial charge in [0.2, 0.25) is 0 Å². The molecule has 0 saturated carbocycles. The molecule has 1 heterocycles. The number of ether oxygens (including phenoxy) is 4. The minimum absolute atomic E-state index is 0.546. The molecule has 1 rings (SSSR count). The lowest BCUT2D eigenvalue weighted by atomic mass is 10.3. The topological polar surface area (TPSA) is 36.9 Å². The van der Waals surface area contributed by atoms with Gasteiger partial charge in [0.1, 0.15) is 0 Å². The Morgan fingerprint density at radius 1 is 1.07 bits per heavy atom. The van der Waals surface area contributed by atoms with Gasteiger partial charge in [-0.3, -0.25) is 0 Å². The van der Waals surface area contributed by atoms with E-state index in [0.29, 0.717) is 32.5 Å². The summed E-state index contributed by atoms with van der Waals surface area (Å²) in [5.41, 5.74) is 0. The molecule has 1 aliphatic heterocycles. The van der Waals surface area contributed by atoms with Crippen LogP contribution in [0.2, 0.25) is 0 Å². The van der Waals surface area contributed by atoms with Gasteiger partial charge in [-0.25, -0.2) is 0 Å². The predicted octanol–water partition coefficient (Wildman–Crippen LogP) is 1.48. The van der Waals surface area contributed by atoms with Gasteiger partial charge in [-0.2, -0.15) is 0 Å². The third-order valence-corrected chi connectivity index (χ3v) is 2.02. The summed E-state index contributed by atoms with van der Waals surface area (Å²) in [6, 6.07) is 0. The smallest absolute Gasteiger partial charge is 0.0701 e. The summed E-state index contributed by atoms with van der Waals surface area (Å²) in [4.78, 5) is 0. The second-order valence-corrected chi connectivity index (χ2v) is 3.42. The van der Waals surface area contributed by atoms with Crippen molar-refractivity contribution < 1.29 is 18.9 Å². The van der Waals surface area contributed by atoms with Crippen LogP contribution in [0.15, 0.2) is 0 Å². The van der Waals surface area contributed by atoms with Gasteiger partial charge in [0.25, 0.3) is 0 Å². The molecular formula is C11H24O4. The van der Waals surface area contributed by atoms with E-state index in [1.54, 1.807) is 14.2 Å². The molecule has 4 nitrogen and oxygen atoms in total. The first-order chi connectivity index (χ1) is 7.31. The molecule has 0 radical (unpaired) electrons. The maximum Gasteiger partial charge on any atom is 0.0701 e. The third kappa shape index (κ3) is 11.8. The van der Waals surface area contributed by atoms with Crippen molar-refractivity contribution in [2.24, 2.45) is 0 Å². The Labute approximate surface area is 92.8 Å². The van der Waals surface area contributed by atoms with Crippen LogP contribution in [0.1, 0.15) is 19.8 Å². The molecule has 0 aliphatic carbocycles. The number of hydrogen-bond acceptors (Lipinski definition) is 4. The SMILES string of the molecule is CC1CCCO1.COCCOCCOC. The lowest BCUT2D eigenvalue weighted by Crippen LogP contribution is -2.06. The molecule has 0 aromatic heterocycles. The molecule has 1 unspecified atom stereocenters. The average Bonchev–Trinajstić information content (AvgIpc) is 2.70. The Bertz CT molecular complexity index is 107. The molecule has 1 fully saturated rings. The molecule has 1 aliphatic rings. The summed E-state index contributed by atoms with van der Waals surface area (Å²) < 4.78 is 19.7. The Morgan fingerprint density at radius 2 is 1.67 bits per heavy atom. The van der Waals surface area contributed by atoms with Crippen molar-refractivity contribution in [3.05, 3.63) is 0 Å². The maximum absolute atomic E-state index is 5.15.